The Kier molecular flexibility index (Phi) is 13.1. The molecule has 462 valence electrons. The Labute approximate surface area is 541 Å². The molecule has 0 saturated heterocycles. The van der Waals surface area contributed by atoms with Crippen LogP contribution in [0.2, 0.25) is 0 Å². The summed E-state index contributed by atoms with van der Waals surface area (Å²) in [5.41, 5.74) is 29.0. The number of anilines is 9. The smallest absolute Gasteiger partial charge is 0.264 e. The molecule has 7 aromatic carbocycles. The van der Waals surface area contributed by atoms with Gasteiger partial charge in [0.2, 0.25) is 0 Å². The fraction of sp³-hybridized carbons (Fsp3) is 0.476. The molecule has 0 unspecified atom stereocenters. The van der Waals surface area contributed by atoms with Gasteiger partial charge >= 0.3 is 0 Å². The monoisotopic (exact) mass is 1200 g/mol. The molecule has 5 heteroatoms. The maximum absolute atomic E-state index is 2.81. The average Bonchev–Trinajstić information content (AvgIpc) is 1.68. The molecule has 6 aliphatic rings. The topological polar surface area (TPSA) is 9.72 Å². The lowest BCUT2D eigenvalue weighted by atomic mass is 9.35. The van der Waals surface area contributed by atoms with E-state index in [1.165, 1.54) is 141 Å². The number of rotatable bonds is 5. The fourth-order valence-corrected chi connectivity index (χ4v) is 18.7. The van der Waals surface area contributed by atoms with Crippen molar-refractivity contribution in [2.24, 2.45) is 0 Å². The van der Waals surface area contributed by atoms with E-state index in [4.69, 9.17) is 0 Å². The summed E-state index contributed by atoms with van der Waals surface area (Å²) in [5, 5.41) is 1.39. The summed E-state index contributed by atoms with van der Waals surface area (Å²) in [6.45, 7) is 54.1. The van der Waals surface area contributed by atoms with Crippen molar-refractivity contribution in [2.75, 3.05) is 14.7 Å². The molecule has 0 saturated carbocycles. The van der Waals surface area contributed by atoms with Crippen LogP contribution in [0.1, 0.15) is 259 Å². The van der Waals surface area contributed by atoms with Crippen molar-refractivity contribution in [3.63, 3.8) is 0 Å². The molecule has 0 radical (unpaired) electrons. The van der Waals surface area contributed by atoms with Crippen LogP contribution in [0.3, 0.4) is 0 Å². The van der Waals surface area contributed by atoms with Gasteiger partial charge < -0.3 is 14.7 Å². The zero-order valence-corrected chi connectivity index (χ0v) is 59.3. The summed E-state index contributed by atoms with van der Waals surface area (Å²) in [6.07, 6.45) is 9.34. The molecule has 1 aromatic heterocycles. The first kappa shape index (κ1) is 60.5. The maximum atomic E-state index is 2.81. The van der Waals surface area contributed by atoms with Crippen LogP contribution in [-0.4, -0.2) is 6.71 Å². The van der Waals surface area contributed by atoms with Gasteiger partial charge in [0.25, 0.3) is 6.71 Å². The Morgan fingerprint density at radius 2 is 0.719 bits per heavy atom. The molecule has 0 amide bonds. The van der Waals surface area contributed by atoms with Gasteiger partial charge in [-0.2, -0.15) is 0 Å². The molecular weight excluding hydrogens is 1090 g/mol. The van der Waals surface area contributed by atoms with Gasteiger partial charge in [-0.15, -0.1) is 11.3 Å². The number of benzene rings is 7. The molecule has 2 aliphatic heterocycles. The van der Waals surface area contributed by atoms with E-state index in [0.29, 0.717) is 0 Å². The minimum Gasteiger partial charge on any atom is -0.311 e. The largest absolute Gasteiger partial charge is 0.311 e. The first-order valence-corrected chi connectivity index (χ1v) is 35.0. The van der Waals surface area contributed by atoms with Gasteiger partial charge in [-0.1, -0.05) is 195 Å². The molecule has 0 atom stereocenters. The molecule has 8 aromatic rings. The SMILES string of the molecule is CC(C)(C)c1ccc(N(c2ccc(C(C)(C)C)cc2)c2cc3c4c(c2)N(c2ccc5c(c2)C(C)(C)CCC5(C)C)c2c(sc5cc6c(cc25)C(C)(C)CCC6(C)C)B4c2cc4c(cc2N3c2ccc3c(c2)C(C)(C)CCC3(C)C)C(C)(C)CCC4(C)C)cc1. The van der Waals surface area contributed by atoms with Crippen LogP contribution in [0.4, 0.5) is 51.2 Å². The fourth-order valence-electron chi connectivity index (χ4n) is 17.4. The van der Waals surface area contributed by atoms with Gasteiger partial charge in [0.1, 0.15) is 0 Å². The third-order valence-electron chi connectivity index (χ3n) is 24.0. The molecule has 89 heavy (non-hydrogen) atoms. The summed E-state index contributed by atoms with van der Waals surface area (Å²) in [4.78, 5) is 8.19. The summed E-state index contributed by atoms with van der Waals surface area (Å²) < 4.78 is 2.87. The lowest BCUT2D eigenvalue weighted by Gasteiger charge is -2.48. The Hall–Kier alpha value is -6.04. The van der Waals surface area contributed by atoms with E-state index in [9.17, 15) is 0 Å². The van der Waals surface area contributed by atoms with E-state index in [0.717, 1.165) is 42.7 Å². The van der Waals surface area contributed by atoms with Crippen molar-refractivity contribution in [2.45, 2.75) is 258 Å². The number of hydrogen-bond acceptors (Lipinski definition) is 4. The van der Waals surface area contributed by atoms with Crippen LogP contribution in [0.15, 0.2) is 121 Å². The molecule has 0 N–H and O–H groups in total. The van der Waals surface area contributed by atoms with E-state index in [1.54, 1.807) is 0 Å². The molecular formula is C84H102BN3S. The van der Waals surface area contributed by atoms with Gasteiger partial charge in [0.15, 0.2) is 0 Å². The summed E-state index contributed by atoms with van der Waals surface area (Å²) >= 11 is 2.09. The molecule has 0 bridgehead atoms. The molecule has 4 aliphatic carbocycles. The molecule has 3 heterocycles. The van der Waals surface area contributed by atoms with Crippen molar-refractivity contribution in [3.8, 4) is 0 Å². The van der Waals surface area contributed by atoms with E-state index < -0.39 is 0 Å². The van der Waals surface area contributed by atoms with Crippen LogP contribution in [0, 0.1) is 0 Å². The van der Waals surface area contributed by atoms with Crippen molar-refractivity contribution in [1.29, 1.82) is 0 Å². The van der Waals surface area contributed by atoms with Gasteiger partial charge in [0, 0.05) is 54.7 Å². The highest BCUT2D eigenvalue weighted by atomic mass is 32.1. The normalized spacial score (nSPS) is 20.8. The predicted molar refractivity (Wildman–Crippen MR) is 389 cm³/mol. The van der Waals surface area contributed by atoms with Crippen LogP contribution in [0.5, 0.6) is 0 Å². The van der Waals surface area contributed by atoms with Crippen LogP contribution >= 0.6 is 11.3 Å². The Morgan fingerprint density at radius 3 is 1.15 bits per heavy atom. The minimum absolute atomic E-state index is 0.00261. The second-order valence-electron chi connectivity index (χ2n) is 36.1. The highest BCUT2D eigenvalue weighted by Gasteiger charge is 2.50. The second-order valence-corrected chi connectivity index (χ2v) is 37.2. The standard InChI is InChI=1S/C84H102BN3S/c1-75(2,3)51-23-27-53(28-24-51)86(54-29-25-52(26-30-54)76(4,5)6)57-45-69-72-70(46-57)88(56-32-34-60-62(44-56)80(13,14)38-36-78(60,9)10)73-58-47-63-66(84(21,22)42-39-81(63,15)16)50-71(58)89-74(73)85(72)67-48-64-65(83(19,20)41-40-82(64,17)18)49-68(67)87(69)55-31-33-59-61(43-55)79(11,12)37-35-77(59,7)8/h23-34,43-50H,35-42H2,1-22H3. The van der Waals surface area contributed by atoms with Crippen LogP contribution in [-0.2, 0) is 54.1 Å². The van der Waals surface area contributed by atoms with Crippen LogP contribution in [0.25, 0.3) is 10.1 Å². The average molecular weight is 1200 g/mol. The molecule has 3 nitrogen and oxygen atoms in total. The number of fused-ring (bicyclic) bond motifs is 10. The van der Waals surface area contributed by atoms with Gasteiger partial charge in [-0.05, 0) is 251 Å². The second kappa shape index (κ2) is 19.3. The number of nitrogens with zero attached hydrogens (tertiary/aromatic N) is 3. The Bertz CT molecular complexity index is 4180. The van der Waals surface area contributed by atoms with Crippen molar-refractivity contribution < 1.29 is 0 Å². The quantitative estimate of drug-likeness (QED) is 0.159. The summed E-state index contributed by atoms with van der Waals surface area (Å²) in [7, 11) is 0. The molecule has 0 fully saturated rings. The van der Waals surface area contributed by atoms with E-state index >= 15 is 0 Å². The van der Waals surface area contributed by atoms with Crippen molar-refractivity contribution in [1.82, 2.24) is 0 Å². The van der Waals surface area contributed by atoms with Crippen LogP contribution < -0.4 is 30.4 Å². The lowest BCUT2D eigenvalue weighted by Crippen LogP contribution is -2.61. The summed E-state index contributed by atoms with van der Waals surface area (Å²) in [6, 6.07) is 50.7. The third kappa shape index (κ3) is 9.41. The van der Waals surface area contributed by atoms with E-state index in [2.05, 4.69) is 300 Å². The van der Waals surface area contributed by atoms with Crippen molar-refractivity contribution in [3.05, 3.63) is 177 Å². The minimum atomic E-state index is -0.0280. The van der Waals surface area contributed by atoms with Crippen molar-refractivity contribution >= 4 is 95.0 Å². The molecule has 0 spiro atoms. The Balaban J connectivity index is 1.17. The molecule has 14 rings (SSSR count). The first-order valence-electron chi connectivity index (χ1n) is 34.2. The maximum Gasteiger partial charge on any atom is 0.264 e. The Morgan fingerprint density at radius 1 is 0.360 bits per heavy atom. The lowest BCUT2D eigenvalue weighted by molar-refractivity contribution is 0.332. The number of thiophene rings is 1. The van der Waals surface area contributed by atoms with E-state index in [1.807, 2.05) is 0 Å². The predicted octanol–water partition coefficient (Wildman–Crippen LogP) is 22.4. The van der Waals surface area contributed by atoms with Gasteiger partial charge in [0.05, 0.1) is 11.4 Å². The van der Waals surface area contributed by atoms with Gasteiger partial charge in [-0.3, -0.25) is 0 Å². The van der Waals surface area contributed by atoms with Gasteiger partial charge in [-0.25, -0.2) is 0 Å². The summed E-state index contributed by atoms with van der Waals surface area (Å²) in [5.74, 6) is 0. The third-order valence-corrected chi connectivity index (χ3v) is 25.2. The first-order chi connectivity index (χ1) is 41.3. The zero-order valence-electron chi connectivity index (χ0n) is 58.5. The van der Waals surface area contributed by atoms with E-state index in [-0.39, 0.29) is 60.9 Å². The zero-order chi connectivity index (χ0) is 63.7. The highest BCUT2D eigenvalue weighted by molar-refractivity contribution is 7.33. The number of hydrogen-bond donors (Lipinski definition) is 0. The highest BCUT2D eigenvalue weighted by Crippen LogP contribution is 2.58.